The molecule has 3 rings (SSSR count). The molecular formula is C17H21N3OS. The molecule has 1 N–H and O–H groups in total. The number of amides is 1. The van der Waals surface area contributed by atoms with Crippen molar-refractivity contribution >= 4 is 22.9 Å². The number of hydrogen-bond donors (Lipinski definition) is 1. The maximum atomic E-state index is 12.2. The van der Waals surface area contributed by atoms with Gasteiger partial charge in [0.2, 0.25) is 0 Å². The van der Waals surface area contributed by atoms with Crippen LogP contribution in [-0.4, -0.2) is 48.9 Å². The number of hydrogen-bond acceptors (Lipinski definition) is 4. The van der Waals surface area contributed by atoms with E-state index in [4.69, 9.17) is 0 Å². The molecule has 1 aromatic heterocycles. The lowest BCUT2D eigenvalue weighted by Crippen LogP contribution is -2.43. The monoisotopic (exact) mass is 315 g/mol. The minimum absolute atomic E-state index is 0.0270. The standard InChI is InChI=1S/C17H21N3OS/c1-19-9-11-20(12-10-19)13-15-7-8-16(22-15)17(21)18-14-5-3-2-4-6-14/h2-8H,9-13H2,1H3,(H,18,21). The van der Waals surface area contributed by atoms with Crippen LogP contribution in [0.1, 0.15) is 14.5 Å². The average molecular weight is 315 g/mol. The zero-order valence-corrected chi connectivity index (χ0v) is 13.6. The van der Waals surface area contributed by atoms with E-state index < -0.39 is 0 Å². The fourth-order valence-electron chi connectivity index (χ4n) is 2.53. The highest BCUT2D eigenvalue weighted by Crippen LogP contribution is 2.20. The predicted molar refractivity (Wildman–Crippen MR) is 91.5 cm³/mol. The number of benzene rings is 1. The van der Waals surface area contributed by atoms with Crippen LogP contribution in [0.4, 0.5) is 5.69 Å². The van der Waals surface area contributed by atoms with Crippen molar-refractivity contribution in [2.75, 3.05) is 38.5 Å². The van der Waals surface area contributed by atoms with Crippen molar-refractivity contribution in [1.82, 2.24) is 9.80 Å². The Morgan fingerprint density at radius 2 is 1.82 bits per heavy atom. The molecule has 1 aliphatic rings. The lowest BCUT2D eigenvalue weighted by atomic mass is 10.3. The molecule has 0 saturated carbocycles. The Labute approximate surface area is 135 Å². The molecule has 1 aliphatic heterocycles. The summed E-state index contributed by atoms with van der Waals surface area (Å²) >= 11 is 1.59. The first kappa shape index (κ1) is 15.2. The van der Waals surface area contributed by atoms with Crippen LogP contribution in [0.25, 0.3) is 0 Å². The summed E-state index contributed by atoms with van der Waals surface area (Å²) in [5.74, 6) is -0.0270. The van der Waals surface area contributed by atoms with Crippen molar-refractivity contribution in [2.24, 2.45) is 0 Å². The molecule has 22 heavy (non-hydrogen) atoms. The largest absolute Gasteiger partial charge is 0.321 e. The fraction of sp³-hybridized carbons (Fsp3) is 0.353. The van der Waals surface area contributed by atoms with E-state index >= 15 is 0 Å². The second-order valence-electron chi connectivity index (χ2n) is 5.67. The van der Waals surface area contributed by atoms with Crippen molar-refractivity contribution in [3.63, 3.8) is 0 Å². The Morgan fingerprint density at radius 3 is 2.55 bits per heavy atom. The molecule has 1 fully saturated rings. The Hall–Kier alpha value is -1.69. The van der Waals surface area contributed by atoms with Crippen molar-refractivity contribution in [2.45, 2.75) is 6.54 Å². The molecule has 1 amide bonds. The van der Waals surface area contributed by atoms with Crippen molar-refractivity contribution < 1.29 is 4.79 Å². The van der Waals surface area contributed by atoms with E-state index in [1.54, 1.807) is 11.3 Å². The predicted octanol–water partition coefficient (Wildman–Crippen LogP) is 2.75. The maximum Gasteiger partial charge on any atom is 0.265 e. The number of piperazine rings is 1. The number of nitrogens with zero attached hydrogens (tertiary/aromatic N) is 2. The van der Waals surface area contributed by atoms with E-state index in [0.29, 0.717) is 0 Å². The summed E-state index contributed by atoms with van der Waals surface area (Å²) in [6, 6.07) is 13.6. The second kappa shape index (κ2) is 7.05. The van der Waals surface area contributed by atoms with Gasteiger partial charge >= 0.3 is 0 Å². The Balaban J connectivity index is 1.57. The molecule has 4 nitrogen and oxygen atoms in total. The van der Waals surface area contributed by atoms with E-state index in [9.17, 15) is 4.79 Å². The van der Waals surface area contributed by atoms with Gasteiger partial charge in [0, 0.05) is 43.3 Å². The minimum Gasteiger partial charge on any atom is -0.321 e. The number of likely N-dealkylation sites (N-methyl/N-ethyl adjacent to an activating group) is 1. The number of anilines is 1. The van der Waals surface area contributed by atoms with Crippen molar-refractivity contribution in [3.05, 3.63) is 52.2 Å². The van der Waals surface area contributed by atoms with E-state index in [2.05, 4.69) is 28.2 Å². The molecule has 2 heterocycles. The lowest BCUT2D eigenvalue weighted by Gasteiger charge is -2.31. The minimum atomic E-state index is -0.0270. The molecule has 1 aromatic carbocycles. The van der Waals surface area contributed by atoms with Gasteiger partial charge in [-0.05, 0) is 31.3 Å². The van der Waals surface area contributed by atoms with Gasteiger partial charge in [-0.3, -0.25) is 9.69 Å². The van der Waals surface area contributed by atoms with Gasteiger partial charge in [0.25, 0.3) is 5.91 Å². The van der Waals surface area contributed by atoms with Gasteiger partial charge in [-0.2, -0.15) is 0 Å². The molecule has 0 bridgehead atoms. The van der Waals surface area contributed by atoms with Crippen LogP contribution in [-0.2, 0) is 6.54 Å². The summed E-state index contributed by atoms with van der Waals surface area (Å²) in [5, 5.41) is 2.93. The number of carbonyl (C=O) groups excluding carboxylic acids is 1. The maximum absolute atomic E-state index is 12.2. The molecule has 0 unspecified atom stereocenters. The number of para-hydroxylation sites is 1. The van der Waals surface area contributed by atoms with Gasteiger partial charge in [0.05, 0.1) is 4.88 Å². The van der Waals surface area contributed by atoms with Crippen LogP contribution < -0.4 is 5.32 Å². The summed E-state index contributed by atoms with van der Waals surface area (Å²) in [4.78, 5) is 19.1. The summed E-state index contributed by atoms with van der Waals surface area (Å²) in [5.41, 5.74) is 0.835. The van der Waals surface area contributed by atoms with Gasteiger partial charge in [0.1, 0.15) is 0 Å². The third kappa shape index (κ3) is 3.94. The van der Waals surface area contributed by atoms with Crippen LogP contribution in [0.3, 0.4) is 0 Å². The second-order valence-corrected chi connectivity index (χ2v) is 6.83. The zero-order chi connectivity index (χ0) is 15.4. The number of carbonyl (C=O) groups is 1. The van der Waals surface area contributed by atoms with Crippen LogP contribution in [0.15, 0.2) is 42.5 Å². The van der Waals surface area contributed by atoms with E-state index in [-0.39, 0.29) is 5.91 Å². The average Bonchev–Trinajstić information content (AvgIpc) is 2.99. The highest BCUT2D eigenvalue weighted by Gasteiger charge is 2.16. The number of rotatable bonds is 4. The van der Waals surface area contributed by atoms with E-state index in [1.807, 2.05) is 36.4 Å². The molecule has 0 aliphatic carbocycles. The summed E-state index contributed by atoms with van der Waals surface area (Å²) in [6.07, 6.45) is 0. The van der Waals surface area contributed by atoms with Gasteiger partial charge in [-0.1, -0.05) is 18.2 Å². The molecule has 1 saturated heterocycles. The number of nitrogens with one attached hydrogen (secondary N) is 1. The SMILES string of the molecule is CN1CCN(Cc2ccc(C(=O)Nc3ccccc3)s2)CC1. The van der Waals surface area contributed by atoms with Crippen LogP contribution in [0.2, 0.25) is 0 Å². The third-order valence-corrected chi connectivity index (χ3v) is 4.96. The highest BCUT2D eigenvalue weighted by molar-refractivity contribution is 7.14. The van der Waals surface area contributed by atoms with Crippen LogP contribution in [0.5, 0.6) is 0 Å². The first-order valence-electron chi connectivity index (χ1n) is 7.57. The molecule has 116 valence electrons. The third-order valence-electron chi connectivity index (χ3n) is 3.89. The molecule has 0 atom stereocenters. The normalized spacial score (nSPS) is 16.6. The summed E-state index contributed by atoms with van der Waals surface area (Å²) in [6.45, 7) is 5.37. The van der Waals surface area contributed by atoms with Gasteiger partial charge < -0.3 is 10.2 Å². The Morgan fingerprint density at radius 1 is 1.09 bits per heavy atom. The fourth-order valence-corrected chi connectivity index (χ4v) is 3.47. The van der Waals surface area contributed by atoms with Crippen LogP contribution in [0, 0.1) is 0 Å². The molecule has 2 aromatic rings. The smallest absolute Gasteiger partial charge is 0.265 e. The highest BCUT2D eigenvalue weighted by atomic mass is 32.1. The summed E-state index contributed by atoms with van der Waals surface area (Å²) in [7, 11) is 2.16. The van der Waals surface area contributed by atoms with Gasteiger partial charge in [0.15, 0.2) is 0 Å². The topological polar surface area (TPSA) is 35.6 Å². The molecular weight excluding hydrogens is 294 g/mol. The van der Waals surface area contributed by atoms with E-state index in [1.165, 1.54) is 4.88 Å². The van der Waals surface area contributed by atoms with Crippen molar-refractivity contribution in [3.8, 4) is 0 Å². The van der Waals surface area contributed by atoms with Gasteiger partial charge in [-0.15, -0.1) is 11.3 Å². The van der Waals surface area contributed by atoms with Crippen LogP contribution >= 0.6 is 11.3 Å². The quantitative estimate of drug-likeness (QED) is 0.942. The molecule has 5 heteroatoms. The molecule has 0 radical (unpaired) electrons. The Kier molecular flexibility index (Phi) is 4.87. The number of thiophene rings is 1. The van der Waals surface area contributed by atoms with E-state index in [0.717, 1.165) is 43.3 Å². The Bertz CT molecular complexity index is 618. The van der Waals surface area contributed by atoms with Crippen molar-refractivity contribution in [1.29, 1.82) is 0 Å². The summed E-state index contributed by atoms with van der Waals surface area (Å²) < 4.78 is 0. The van der Waals surface area contributed by atoms with Gasteiger partial charge in [-0.25, -0.2) is 0 Å². The zero-order valence-electron chi connectivity index (χ0n) is 12.8. The first-order chi connectivity index (χ1) is 10.7. The first-order valence-corrected chi connectivity index (χ1v) is 8.38. The lowest BCUT2D eigenvalue weighted by molar-refractivity contribution is 0.103. The molecule has 0 spiro atoms.